The lowest BCUT2D eigenvalue weighted by molar-refractivity contribution is -0.133. The van der Waals surface area contributed by atoms with E-state index >= 15 is 0 Å². The van der Waals surface area contributed by atoms with Crippen LogP contribution in [0.2, 0.25) is 0 Å². The lowest BCUT2D eigenvalue weighted by Crippen LogP contribution is -2.38. The zero-order valence-corrected chi connectivity index (χ0v) is 22.5. The molecule has 6 rings (SSSR count). The van der Waals surface area contributed by atoms with Crippen LogP contribution in [0.25, 0.3) is 11.1 Å². The van der Waals surface area contributed by atoms with Crippen molar-refractivity contribution in [2.45, 2.75) is 45.2 Å². The van der Waals surface area contributed by atoms with Gasteiger partial charge in [-0.05, 0) is 76.6 Å². The Morgan fingerprint density at radius 1 is 0.949 bits per heavy atom. The van der Waals surface area contributed by atoms with Crippen LogP contribution >= 0.6 is 0 Å². The maximum atomic E-state index is 13.1. The number of esters is 1. The maximum Gasteiger partial charge on any atom is 0.337 e. The van der Waals surface area contributed by atoms with Crippen LogP contribution in [0.4, 0.5) is 0 Å². The van der Waals surface area contributed by atoms with Crippen molar-refractivity contribution < 1.29 is 19.1 Å². The van der Waals surface area contributed by atoms with Crippen molar-refractivity contribution in [3.63, 3.8) is 0 Å². The number of fused-ring (bicyclic) bond motifs is 1. The zero-order chi connectivity index (χ0) is 27.1. The van der Waals surface area contributed by atoms with Crippen molar-refractivity contribution in [2.75, 3.05) is 13.7 Å². The molecule has 0 radical (unpaired) electrons. The smallest absolute Gasteiger partial charge is 0.337 e. The number of hydrogen-bond acceptors (Lipinski definition) is 4. The Morgan fingerprint density at radius 3 is 2.49 bits per heavy atom. The lowest BCUT2D eigenvalue weighted by atomic mass is 9.87. The summed E-state index contributed by atoms with van der Waals surface area (Å²) in [4.78, 5) is 40.3. The molecule has 0 bridgehead atoms. The molecule has 0 saturated heterocycles. The Balaban J connectivity index is 1.26. The first-order valence-electron chi connectivity index (χ1n) is 13.9. The summed E-state index contributed by atoms with van der Waals surface area (Å²) in [6.07, 6.45) is 2.58. The summed E-state index contributed by atoms with van der Waals surface area (Å²) in [6, 6.07) is 21.9. The lowest BCUT2D eigenvalue weighted by Gasteiger charge is -2.32. The summed E-state index contributed by atoms with van der Waals surface area (Å²) in [5.41, 5.74) is 7.08. The first-order chi connectivity index (χ1) is 18.9. The van der Waals surface area contributed by atoms with Crippen molar-refractivity contribution in [3.05, 3.63) is 94.5 Å². The Morgan fingerprint density at radius 2 is 1.74 bits per heavy atom. The topological polar surface area (TPSA) is 75.7 Å². The number of ether oxygens (including phenoxy) is 1. The van der Waals surface area contributed by atoms with Crippen molar-refractivity contribution in [3.8, 4) is 11.1 Å². The third-order valence-electron chi connectivity index (χ3n) is 8.65. The molecule has 6 heteroatoms. The summed E-state index contributed by atoms with van der Waals surface area (Å²) in [5.74, 6) is 0.860. The van der Waals surface area contributed by atoms with E-state index in [4.69, 9.17) is 4.74 Å². The van der Waals surface area contributed by atoms with Crippen molar-refractivity contribution in [1.82, 2.24) is 10.2 Å². The largest absolute Gasteiger partial charge is 0.465 e. The first kappa shape index (κ1) is 25.4. The minimum atomic E-state index is -0.366. The zero-order valence-electron chi connectivity index (χ0n) is 22.5. The second-order valence-electron chi connectivity index (χ2n) is 11.2. The number of amides is 2. The number of benzene rings is 3. The van der Waals surface area contributed by atoms with E-state index in [1.54, 1.807) is 6.07 Å². The van der Waals surface area contributed by atoms with Gasteiger partial charge in [-0.1, -0.05) is 61.5 Å². The predicted octanol–water partition coefficient (Wildman–Crippen LogP) is 5.10. The quantitative estimate of drug-likeness (QED) is 0.438. The predicted molar refractivity (Wildman–Crippen MR) is 149 cm³/mol. The Bertz CT molecular complexity index is 1430. The fourth-order valence-electron chi connectivity index (χ4n) is 6.06. The van der Waals surface area contributed by atoms with Crippen molar-refractivity contribution in [2.24, 2.45) is 17.8 Å². The fraction of sp³-hybridized carbons (Fsp3) is 0.364. The molecule has 2 amide bonds. The number of nitrogens with one attached hydrogen (secondary N) is 1. The Kier molecular flexibility index (Phi) is 6.71. The van der Waals surface area contributed by atoms with Gasteiger partial charge < -0.3 is 15.0 Å². The molecule has 1 aliphatic heterocycles. The van der Waals surface area contributed by atoms with E-state index in [0.29, 0.717) is 37.0 Å². The molecule has 1 N–H and O–H groups in total. The van der Waals surface area contributed by atoms with Crippen LogP contribution in [0.1, 0.15) is 58.3 Å². The van der Waals surface area contributed by atoms with Gasteiger partial charge in [-0.3, -0.25) is 9.59 Å². The molecule has 2 aliphatic carbocycles. The van der Waals surface area contributed by atoms with Gasteiger partial charge in [0.2, 0.25) is 11.8 Å². The van der Waals surface area contributed by atoms with Crippen LogP contribution in [0.15, 0.2) is 66.7 Å². The van der Waals surface area contributed by atoms with Crippen LogP contribution in [0.5, 0.6) is 0 Å². The summed E-state index contributed by atoms with van der Waals surface area (Å²) in [7, 11) is 1.38. The number of methoxy groups -OCH3 is 1. The van der Waals surface area contributed by atoms with Gasteiger partial charge in [0.1, 0.15) is 0 Å². The average Bonchev–Trinajstić information content (AvgIpc) is 3.91. The van der Waals surface area contributed by atoms with Crippen LogP contribution in [0, 0.1) is 17.8 Å². The van der Waals surface area contributed by atoms with Gasteiger partial charge in [0.25, 0.3) is 0 Å². The van der Waals surface area contributed by atoms with Crippen molar-refractivity contribution in [1.29, 1.82) is 0 Å². The minimum Gasteiger partial charge on any atom is -0.465 e. The van der Waals surface area contributed by atoms with Crippen LogP contribution in [-0.2, 0) is 33.8 Å². The maximum absolute atomic E-state index is 13.1. The standard InChI is InChI=1S/C33H34N2O4/c1-20-15-27(20)32(37)35-14-13-26-25(22-9-6-10-23(16-22)33(38)39-2)12-11-24(30(26)19-35)18-34-31(36)29-17-28(29)21-7-4-3-5-8-21/h3-12,16,20,27-29H,13-15,17-19H2,1-2H3,(H,34,36)/t20?,27?,28-,29+/m1/s1. The summed E-state index contributed by atoms with van der Waals surface area (Å²) in [6.45, 7) is 3.79. The van der Waals surface area contributed by atoms with E-state index in [9.17, 15) is 14.4 Å². The molecule has 1 heterocycles. The molecule has 2 unspecified atom stereocenters. The molecule has 6 nitrogen and oxygen atoms in total. The molecule has 2 saturated carbocycles. The van der Waals surface area contributed by atoms with E-state index in [-0.39, 0.29) is 29.6 Å². The highest BCUT2D eigenvalue weighted by Crippen LogP contribution is 2.47. The van der Waals surface area contributed by atoms with Gasteiger partial charge in [-0.2, -0.15) is 0 Å². The molecular formula is C33H34N2O4. The highest BCUT2D eigenvalue weighted by Gasteiger charge is 2.44. The average molecular weight is 523 g/mol. The molecule has 39 heavy (non-hydrogen) atoms. The van der Waals surface area contributed by atoms with E-state index in [1.165, 1.54) is 18.2 Å². The first-order valence-corrected chi connectivity index (χ1v) is 13.9. The second kappa shape index (κ2) is 10.3. The SMILES string of the molecule is COC(=O)c1cccc(-c2ccc(CNC(=O)[C@H]3C[C@@H]3c3ccccc3)c3c2CCN(C(=O)C2CC2C)C3)c1. The van der Waals surface area contributed by atoms with E-state index < -0.39 is 0 Å². The number of hydrogen-bond donors (Lipinski definition) is 1. The molecule has 3 aromatic carbocycles. The monoisotopic (exact) mass is 522 g/mol. The van der Waals surface area contributed by atoms with Crippen LogP contribution < -0.4 is 5.32 Å². The van der Waals surface area contributed by atoms with Crippen molar-refractivity contribution >= 4 is 17.8 Å². The number of nitrogens with zero attached hydrogens (tertiary/aromatic N) is 1. The highest BCUT2D eigenvalue weighted by atomic mass is 16.5. The summed E-state index contributed by atoms with van der Waals surface area (Å²) >= 11 is 0. The van der Waals surface area contributed by atoms with Gasteiger partial charge in [0.05, 0.1) is 12.7 Å². The minimum absolute atomic E-state index is 0.0120. The third kappa shape index (κ3) is 5.08. The van der Waals surface area contributed by atoms with E-state index in [0.717, 1.165) is 41.5 Å². The Hall–Kier alpha value is -3.93. The molecule has 3 aliphatic rings. The van der Waals surface area contributed by atoms with E-state index in [2.05, 4.69) is 36.5 Å². The molecule has 200 valence electrons. The van der Waals surface area contributed by atoms with Gasteiger partial charge in [-0.25, -0.2) is 4.79 Å². The summed E-state index contributed by atoms with van der Waals surface area (Å²) in [5, 5.41) is 3.18. The number of carbonyl (C=O) groups excluding carboxylic acids is 3. The van der Waals surface area contributed by atoms with Gasteiger partial charge in [-0.15, -0.1) is 0 Å². The van der Waals surface area contributed by atoms with Gasteiger partial charge >= 0.3 is 5.97 Å². The molecule has 3 aromatic rings. The number of rotatable bonds is 7. The molecule has 0 aromatic heterocycles. The molecule has 0 spiro atoms. The summed E-state index contributed by atoms with van der Waals surface area (Å²) < 4.78 is 4.93. The third-order valence-corrected chi connectivity index (χ3v) is 8.65. The normalized spacial score (nSPS) is 23.0. The molecule has 4 atom stereocenters. The molecule has 2 fully saturated rings. The molecular weight excluding hydrogens is 488 g/mol. The second-order valence-corrected chi connectivity index (χ2v) is 11.2. The fourth-order valence-corrected chi connectivity index (χ4v) is 6.06. The van der Waals surface area contributed by atoms with Crippen LogP contribution in [-0.4, -0.2) is 36.3 Å². The van der Waals surface area contributed by atoms with Gasteiger partial charge in [0.15, 0.2) is 0 Å². The number of carbonyl (C=O) groups is 3. The highest BCUT2D eigenvalue weighted by molar-refractivity contribution is 5.91. The van der Waals surface area contributed by atoms with Gasteiger partial charge in [0, 0.05) is 31.5 Å². The van der Waals surface area contributed by atoms with E-state index in [1.807, 2.05) is 41.3 Å². The Labute approximate surface area is 229 Å². The van der Waals surface area contributed by atoms with Crippen LogP contribution in [0.3, 0.4) is 0 Å².